The van der Waals surface area contributed by atoms with Crippen molar-refractivity contribution in [1.29, 1.82) is 0 Å². The van der Waals surface area contributed by atoms with Crippen molar-refractivity contribution >= 4 is 0 Å². The molecule has 0 fully saturated rings. The van der Waals surface area contributed by atoms with Crippen LogP contribution in [0.4, 0.5) is 0 Å². The largest absolute Gasteiger partial charge is 0.310 e. The van der Waals surface area contributed by atoms with E-state index in [2.05, 4.69) is 64.2 Å². The standard InChI is InChI=1S/C18H31N/c1-6-7-8-9-14-19-15(2)16-10-12-17(13-11-16)18(3,4)5/h10-13,15,19H,6-9,14H2,1-5H3. The van der Waals surface area contributed by atoms with Crippen molar-refractivity contribution in [3.63, 3.8) is 0 Å². The second-order valence-corrected chi connectivity index (χ2v) is 6.61. The molecular formula is C18H31N. The lowest BCUT2D eigenvalue weighted by Crippen LogP contribution is -2.20. The molecule has 1 aromatic carbocycles. The van der Waals surface area contributed by atoms with Gasteiger partial charge in [-0.25, -0.2) is 0 Å². The van der Waals surface area contributed by atoms with Crippen LogP contribution < -0.4 is 5.32 Å². The van der Waals surface area contributed by atoms with Crippen LogP contribution in [0.5, 0.6) is 0 Å². The molecule has 0 radical (unpaired) electrons. The highest BCUT2D eigenvalue weighted by Gasteiger charge is 2.13. The lowest BCUT2D eigenvalue weighted by molar-refractivity contribution is 0.535. The summed E-state index contributed by atoms with van der Waals surface area (Å²) < 4.78 is 0. The van der Waals surface area contributed by atoms with Crippen molar-refractivity contribution < 1.29 is 0 Å². The maximum Gasteiger partial charge on any atom is 0.0291 e. The maximum atomic E-state index is 3.62. The molecule has 0 saturated carbocycles. The Morgan fingerprint density at radius 3 is 2.16 bits per heavy atom. The average Bonchev–Trinajstić information content (AvgIpc) is 2.37. The highest BCUT2D eigenvalue weighted by Crippen LogP contribution is 2.23. The number of rotatable bonds is 7. The summed E-state index contributed by atoms with van der Waals surface area (Å²) in [6.07, 6.45) is 5.30. The van der Waals surface area contributed by atoms with E-state index in [0.29, 0.717) is 6.04 Å². The van der Waals surface area contributed by atoms with E-state index in [1.165, 1.54) is 36.8 Å². The second kappa shape index (κ2) is 7.69. The molecule has 1 atom stereocenters. The third-order valence-electron chi connectivity index (χ3n) is 3.76. The molecule has 0 saturated heterocycles. The molecule has 1 unspecified atom stereocenters. The lowest BCUT2D eigenvalue weighted by Gasteiger charge is -2.20. The molecule has 0 aliphatic heterocycles. The smallest absolute Gasteiger partial charge is 0.0291 e. The van der Waals surface area contributed by atoms with Gasteiger partial charge in [0.05, 0.1) is 0 Å². The van der Waals surface area contributed by atoms with Gasteiger partial charge in [0.25, 0.3) is 0 Å². The van der Waals surface area contributed by atoms with Crippen molar-refractivity contribution in [2.45, 2.75) is 71.8 Å². The van der Waals surface area contributed by atoms with Crippen molar-refractivity contribution in [2.24, 2.45) is 0 Å². The fourth-order valence-electron chi connectivity index (χ4n) is 2.26. The van der Waals surface area contributed by atoms with Gasteiger partial charge in [0.15, 0.2) is 0 Å². The first-order valence-electron chi connectivity index (χ1n) is 7.79. The topological polar surface area (TPSA) is 12.0 Å². The molecule has 0 aliphatic carbocycles. The summed E-state index contributed by atoms with van der Waals surface area (Å²) in [7, 11) is 0. The van der Waals surface area contributed by atoms with Gasteiger partial charge in [-0.15, -0.1) is 0 Å². The summed E-state index contributed by atoms with van der Waals surface area (Å²) in [6.45, 7) is 12.4. The van der Waals surface area contributed by atoms with Gasteiger partial charge in [0.1, 0.15) is 0 Å². The van der Waals surface area contributed by atoms with Crippen LogP contribution in [0.3, 0.4) is 0 Å². The van der Waals surface area contributed by atoms with Crippen LogP contribution >= 0.6 is 0 Å². The molecule has 1 N–H and O–H groups in total. The molecule has 108 valence electrons. The zero-order chi connectivity index (χ0) is 14.3. The first kappa shape index (κ1) is 16.2. The summed E-state index contributed by atoms with van der Waals surface area (Å²) in [5.74, 6) is 0. The Balaban J connectivity index is 2.42. The minimum Gasteiger partial charge on any atom is -0.310 e. The van der Waals surface area contributed by atoms with Crippen LogP contribution in [-0.2, 0) is 5.41 Å². The van der Waals surface area contributed by atoms with E-state index in [1.54, 1.807) is 0 Å². The van der Waals surface area contributed by atoms with Gasteiger partial charge < -0.3 is 5.32 Å². The van der Waals surface area contributed by atoms with Crippen LogP contribution in [0.1, 0.15) is 77.5 Å². The Morgan fingerprint density at radius 2 is 1.63 bits per heavy atom. The molecule has 0 heterocycles. The first-order chi connectivity index (χ1) is 8.95. The summed E-state index contributed by atoms with van der Waals surface area (Å²) in [5, 5.41) is 3.62. The molecule has 0 amide bonds. The monoisotopic (exact) mass is 261 g/mol. The molecule has 0 aromatic heterocycles. The number of hydrogen-bond donors (Lipinski definition) is 1. The molecule has 19 heavy (non-hydrogen) atoms. The summed E-state index contributed by atoms with van der Waals surface area (Å²) >= 11 is 0. The van der Waals surface area contributed by atoms with E-state index >= 15 is 0 Å². The van der Waals surface area contributed by atoms with Gasteiger partial charge in [-0.05, 0) is 36.4 Å². The van der Waals surface area contributed by atoms with Gasteiger partial charge >= 0.3 is 0 Å². The number of nitrogens with one attached hydrogen (secondary N) is 1. The minimum atomic E-state index is 0.245. The Labute approximate surface area is 119 Å². The summed E-state index contributed by atoms with van der Waals surface area (Å²) in [4.78, 5) is 0. The van der Waals surface area contributed by atoms with Crippen LogP contribution in [0.2, 0.25) is 0 Å². The third-order valence-corrected chi connectivity index (χ3v) is 3.76. The predicted molar refractivity (Wildman–Crippen MR) is 85.7 cm³/mol. The molecule has 1 heteroatoms. The van der Waals surface area contributed by atoms with Crippen molar-refractivity contribution in [2.75, 3.05) is 6.54 Å². The van der Waals surface area contributed by atoms with Gasteiger partial charge in [-0.2, -0.15) is 0 Å². The SMILES string of the molecule is CCCCCCNC(C)c1ccc(C(C)(C)C)cc1. The molecule has 0 aliphatic rings. The van der Waals surface area contributed by atoms with Crippen molar-refractivity contribution in [3.8, 4) is 0 Å². The number of hydrogen-bond acceptors (Lipinski definition) is 1. The zero-order valence-electron chi connectivity index (χ0n) is 13.4. The van der Waals surface area contributed by atoms with Crippen molar-refractivity contribution in [1.82, 2.24) is 5.32 Å². The fraction of sp³-hybridized carbons (Fsp3) is 0.667. The number of benzene rings is 1. The Bertz CT molecular complexity index is 345. The lowest BCUT2D eigenvalue weighted by atomic mass is 9.86. The van der Waals surface area contributed by atoms with Crippen LogP contribution in [-0.4, -0.2) is 6.54 Å². The molecule has 1 nitrogen and oxygen atoms in total. The van der Waals surface area contributed by atoms with E-state index in [1.807, 2.05) is 0 Å². The van der Waals surface area contributed by atoms with E-state index in [-0.39, 0.29) is 5.41 Å². The van der Waals surface area contributed by atoms with Crippen LogP contribution in [0.15, 0.2) is 24.3 Å². The van der Waals surface area contributed by atoms with E-state index in [9.17, 15) is 0 Å². The first-order valence-corrected chi connectivity index (χ1v) is 7.79. The van der Waals surface area contributed by atoms with Crippen molar-refractivity contribution in [3.05, 3.63) is 35.4 Å². The Morgan fingerprint density at radius 1 is 1.00 bits per heavy atom. The summed E-state index contributed by atoms with van der Waals surface area (Å²) in [6, 6.07) is 9.53. The minimum absolute atomic E-state index is 0.245. The highest BCUT2D eigenvalue weighted by molar-refractivity contribution is 5.28. The van der Waals surface area contributed by atoms with E-state index in [0.717, 1.165) is 6.54 Å². The van der Waals surface area contributed by atoms with Gasteiger partial charge in [-0.1, -0.05) is 71.2 Å². The van der Waals surface area contributed by atoms with E-state index in [4.69, 9.17) is 0 Å². The fourth-order valence-corrected chi connectivity index (χ4v) is 2.26. The van der Waals surface area contributed by atoms with Gasteiger partial charge in [-0.3, -0.25) is 0 Å². The van der Waals surface area contributed by atoms with Crippen LogP contribution in [0.25, 0.3) is 0 Å². The Kier molecular flexibility index (Phi) is 6.57. The maximum absolute atomic E-state index is 3.62. The Hall–Kier alpha value is -0.820. The van der Waals surface area contributed by atoms with Gasteiger partial charge in [0.2, 0.25) is 0 Å². The van der Waals surface area contributed by atoms with Crippen LogP contribution in [0, 0.1) is 0 Å². The third kappa shape index (κ3) is 5.78. The normalized spacial score (nSPS) is 13.5. The predicted octanol–water partition coefficient (Wildman–Crippen LogP) is 5.22. The molecule has 0 bridgehead atoms. The quantitative estimate of drug-likeness (QED) is 0.664. The number of unbranched alkanes of at least 4 members (excludes halogenated alkanes) is 3. The van der Waals surface area contributed by atoms with E-state index < -0.39 is 0 Å². The second-order valence-electron chi connectivity index (χ2n) is 6.61. The summed E-state index contributed by atoms with van der Waals surface area (Å²) in [5.41, 5.74) is 3.05. The average molecular weight is 261 g/mol. The molecular weight excluding hydrogens is 230 g/mol. The molecule has 1 aromatic rings. The molecule has 0 spiro atoms. The van der Waals surface area contributed by atoms with Gasteiger partial charge in [0, 0.05) is 6.04 Å². The zero-order valence-corrected chi connectivity index (χ0v) is 13.4. The highest BCUT2D eigenvalue weighted by atomic mass is 14.9. The molecule has 1 rings (SSSR count).